The van der Waals surface area contributed by atoms with Crippen molar-refractivity contribution in [3.8, 4) is 5.69 Å². The zero-order valence-electron chi connectivity index (χ0n) is 18.8. The van der Waals surface area contributed by atoms with Crippen LogP contribution >= 0.6 is 22.6 Å². The Morgan fingerprint density at radius 1 is 1.00 bits per heavy atom. The lowest BCUT2D eigenvalue weighted by Gasteiger charge is -2.20. The molecule has 1 fully saturated rings. The van der Waals surface area contributed by atoms with Crippen molar-refractivity contribution in [3.63, 3.8) is 0 Å². The van der Waals surface area contributed by atoms with Crippen molar-refractivity contribution in [1.29, 1.82) is 0 Å². The number of hydrogen-bond donors (Lipinski definition) is 1. The molecule has 2 aromatic heterocycles. The molecule has 33 heavy (non-hydrogen) atoms. The highest BCUT2D eigenvalue weighted by Crippen LogP contribution is 2.35. The van der Waals surface area contributed by atoms with E-state index in [2.05, 4.69) is 32.6 Å². The Morgan fingerprint density at radius 3 is 2.30 bits per heavy atom. The number of nitrogens with one attached hydrogen (secondary N) is 1. The number of aryl methyl sites for hydroxylation is 3. The lowest BCUT2D eigenvalue weighted by atomic mass is 10.2. The summed E-state index contributed by atoms with van der Waals surface area (Å²) in [4.78, 5) is 32.7. The van der Waals surface area contributed by atoms with Gasteiger partial charge in [0.2, 0.25) is 0 Å². The summed E-state index contributed by atoms with van der Waals surface area (Å²) in [7, 11) is 3.56. The molecule has 0 spiro atoms. The number of benzene rings is 2. The van der Waals surface area contributed by atoms with Crippen LogP contribution in [0.5, 0.6) is 0 Å². The third-order valence-electron chi connectivity index (χ3n) is 6.35. The number of aromatic nitrogens is 4. The van der Waals surface area contributed by atoms with Crippen molar-refractivity contribution in [2.45, 2.75) is 19.8 Å². The highest BCUT2D eigenvalue weighted by Gasteiger charge is 2.19. The number of imidazole rings is 1. The van der Waals surface area contributed by atoms with E-state index in [0.717, 1.165) is 63.3 Å². The first-order valence-electron chi connectivity index (χ1n) is 10.9. The smallest absolute Gasteiger partial charge is 0.328 e. The van der Waals surface area contributed by atoms with Gasteiger partial charge in [-0.25, -0.2) is 9.48 Å². The quantitative estimate of drug-likeness (QED) is 0.308. The fourth-order valence-electron chi connectivity index (χ4n) is 4.46. The number of aromatic amines is 1. The summed E-state index contributed by atoms with van der Waals surface area (Å²) in [6.45, 7) is 3.78. The molecule has 0 unspecified atom stereocenters. The second-order valence-electron chi connectivity index (χ2n) is 8.45. The largest absolute Gasteiger partial charge is 0.370 e. The predicted molar refractivity (Wildman–Crippen MR) is 141 cm³/mol. The molecule has 0 bridgehead atoms. The minimum atomic E-state index is -0.145. The Kier molecular flexibility index (Phi) is 5.51. The molecule has 9 heteroatoms. The van der Waals surface area contributed by atoms with Crippen LogP contribution in [0.25, 0.3) is 16.7 Å². The number of rotatable bonds is 4. The maximum Gasteiger partial charge on any atom is 0.328 e. The molecule has 1 saturated heterocycles. The normalized spacial score (nSPS) is 14.2. The summed E-state index contributed by atoms with van der Waals surface area (Å²) >= 11 is 2.24. The third-order valence-corrected chi connectivity index (χ3v) is 7.07. The van der Waals surface area contributed by atoms with Crippen LogP contribution in [0.2, 0.25) is 0 Å². The topological polar surface area (TPSA) is 80.3 Å². The van der Waals surface area contributed by atoms with Crippen molar-refractivity contribution < 1.29 is 0 Å². The van der Waals surface area contributed by atoms with E-state index < -0.39 is 0 Å². The Bertz CT molecular complexity index is 1500. The second-order valence-corrected chi connectivity index (χ2v) is 9.70. The number of nitrogens with zero attached hydrogens (tertiary/aromatic N) is 5. The summed E-state index contributed by atoms with van der Waals surface area (Å²) in [5.74, 6) is 0. The second kappa shape index (κ2) is 8.36. The molecule has 2 aromatic carbocycles. The number of H-pyrrole nitrogens is 1. The van der Waals surface area contributed by atoms with Gasteiger partial charge in [0.25, 0.3) is 5.56 Å². The van der Waals surface area contributed by atoms with Crippen LogP contribution in [0.3, 0.4) is 0 Å². The highest BCUT2D eigenvalue weighted by atomic mass is 127. The number of anilines is 1. The molecule has 0 amide bonds. The first-order chi connectivity index (χ1) is 15.8. The van der Waals surface area contributed by atoms with Gasteiger partial charge >= 0.3 is 5.69 Å². The molecule has 3 heterocycles. The standard InChI is InChI=1S/C24H25IN6O2/c1-15-18(23(32)31(27-15)17-8-6-16(25)7-9-17)14-26-19-12-21-22(29(3)24(33)28(21)2)13-20(19)30-10-4-5-11-30/h6-9,12-14,27H,4-5,10-11H2,1-3H3. The van der Waals surface area contributed by atoms with Gasteiger partial charge in [0.05, 0.1) is 33.7 Å². The number of halogens is 1. The van der Waals surface area contributed by atoms with Crippen molar-refractivity contribution in [3.05, 3.63) is 72.1 Å². The van der Waals surface area contributed by atoms with Crippen LogP contribution in [0.1, 0.15) is 24.1 Å². The van der Waals surface area contributed by atoms with Gasteiger partial charge in [-0.2, -0.15) is 0 Å². The SMILES string of the molecule is Cc1[nH]n(-c2ccc(I)cc2)c(=O)c1C=Nc1cc2c(cc1N1CCCC1)n(C)c(=O)n2C. The van der Waals surface area contributed by atoms with E-state index in [9.17, 15) is 9.59 Å². The van der Waals surface area contributed by atoms with Gasteiger partial charge in [-0.05, 0) is 78.8 Å². The molecule has 0 saturated carbocycles. The Labute approximate surface area is 204 Å². The van der Waals surface area contributed by atoms with Gasteiger partial charge < -0.3 is 4.90 Å². The molecule has 170 valence electrons. The van der Waals surface area contributed by atoms with E-state index in [0.29, 0.717) is 5.56 Å². The van der Waals surface area contributed by atoms with Gasteiger partial charge in [0.1, 0.15) is 0 Å². The van der Waals surface area contributed by atoms with E-state index in [1.165, 1.54) is 4.68 Å². The van der Waals surface area contributed by atoms with Gasteiger partial charge in [-0.15, -0.1) is 0 Å². The molecule has 4 aromatic rings. The monoisotopic (exact) mass is 556 g/mol. The number of fused-ring (bicyclic) bond motifs is 1. The molecule has 0 radical (unpaired) electrons. The highest BCUT2D eigenvalue weighted by molar-refractivity contribution is 14.1. The summed E-state index contributed by atoms with van der Waals surface area (Å²) in [6.07, 6.45) is 3.90. The maximum atomic E-state index is 13.1. The zero-order valence-corrected chi connectivity index (χ0v) is 21.0. The first-order valence-corrected chi connectivity index (χ1v) is 12.0. The van der Waals surface area contributed by atoms with E-state index in [4.69, 9.17) is 4.99 Å². The van der Waals surface area contributed by atoms with Gasteiger partial charge in [0, 0.05) is 42.7 Å². The van der Waals surface area contributed by atoms with Crippen LogP contribution in [0, 0.1) is 10.5 Å². The lowest BCUT2D eigenvalue weighted by Crippen LogP contribution is -2.19. The molecular weight excluding hydrogens is 531 g/mol. The molecule has 1 aliphatic heterocycles. The maximum absolute atomic E-state index is 13.1. The molecule has 1 N–H and O–H groups in total. The minimum Gasteiger partial charge on any atom is -0.370 e. The first kappa shape index (κ1) is 21.7. The molecule has 0 atom stereocenters. The lowest BCUT2D eigenvalue weighted by molar-refractivity contribution is 0.795. The Hall–Kier alpha value is -3.08. The summed E-state index contributed by atoms with van der Waals surface area (Å²) in [5.41, 5.74) is 5.27. The van der Waals surface area contributed by atoms with Crippen molar-refractivity contribution in [1.82, 2.24) is 18.9 Å². The third kappa shape index (κ3) is 3.73. The van der Waals surface area contributed by atoms with Crippen molar-refractivity contribution >= 4 is 51.2 Å². The fraction of sp³-hybridized carbons (Fsp3) is 0.292. The number of aliphatic imine (C=N–C) groups is 1. The molecule has 0 aliphatic carbocycles. The van der Waals surface area contributed by atoms with Crippen molar-refractivity contribution in [2.75, 3.05) is 18.0 Å². The van der Waals surface area contributed by atoms with Crippen LogP contribution in [0.15, 0.2) is 51.0 Å². The summed E-state index contributed by atoms with van der Waals surface area (Å²) in [6, 6.07) is 11.7. The van der Waals surface area contributed by atoms with E-state index >= 15 is 0 Å². The minimum absolute atomic E-state index is 0.0691. The van der Waals surface area contributed by atoms with E-state index in [-0.39, 0.29) is 11.2 Å². The Balaban J connectivity index is 1.62. The van der Waals surface area contributed by atoms with Gasteiger partial charge in [-0.1, -0.05) is 0 Å². The summed E-state index contributed by atoms with van der Waals surface area (Å²) < 4.78 is 5.94. The van der Waals surface area contributed by atoms with Gasteiger partial charge in [-0.3, -0.25) is 24.0 Å². The average molecular weight is 556 g/mol. The van der Waals surface area contributed by atoms with Crippen LogP contribution in [0.4, 0.5) is 11.4 Å². The summed E-state index contributed by atoms with van der Waals surface area (Å²) in [5, 5.41) is 3.16. The van der Waals surface area contributed by atoms with E-state index in [1.807, 2.05) is 43.3 Å². The zero-order chi connectivity index (χ0) is 23.3. The average Bonchev–Trinajstić information content (AvgIpc) is 3.49. The van der Waals surface area contributed by atoms with Crippen LogP contribution in [-0.4, -0.2) is 38.2 Å². The number of hydrogen-bond acceptors (Lipinski definition) is 4. The van der Waals surface area contributed by atoms with Crippen LogP contribution in [-0.2, 0) is 14.1 Å². The van der Waals surface area contributed by atoms with Crippen LogP contribution < -0.4 is 16.1 Å². The Morgan fingerprint density at radius 2 is 1.64 bits per heavy atom. The molecule has 1 aliphatic rings. The van der Waals surface area contributed by atoms with Gasteiger partial charge in [0.15, 0.2) is 0 Å². The van der Waals surface area contributed by atoms with E-state index in [1.54, 1.807) is 29.4 Å². The molecule has 8 nitrogen and oxygen atoms in total. The molecular formula is C24H25IN6O2. The molecule has 5 rings (SSSR count). The predicted octanol–water partition coefficient (Wildman–Crippen LogP) is 3.62. The fourth-order valence-corrected chi connectivity index (χ4v) is 4.82. The van der Waals surface area contributed by atoms with Crippen molar-refractivity contribution in [2.24, 2.45) is 19.1 Å².